The third-order valence-electron chi connectivity index (χ3n) is 3.70. The Kier molecular flexibility index (Phi) is 6.43. The molecule has 0 amide bonds. The van der Waals surface area contributed by atoms with Crippen molar-refractivity contribution >= 4 is 5.96 Å². The summed E-state index contributed by atoms with van der Waals surface area (Å²) in [6.45, 7) is 0.0525. The number of nitrogens with one attached hydrogen (secondary N) is 2. The van der Waals surface area contributed by atoms with Crippen LogP contribution in [0.5, 0.6) is 5.75 Å². The van der Waals surface area contributed by atoms with Gasteiger partial charge in [-0.3, -0.25) is 4.99 Å². The third-order valence-corrected chi connectivity index (χ3v) is 3.70. The van der Waals surface area contributed by atoms with Crippen molar-refractivity contribution in [2.24, 2.45) is 4.99 Å². The molecule has 0 saturated carbocycles. The molecule has 2 rings (SSSR count). The van der Waals surface area contributed by atoms with E-state index in [0.29, 0.717) is 5.56 Å². The van der Waals surface area contributed by atoms with E-state index in [1.54, 1.807) is 18.2 Å². The number of nitrogens with zero attached hydrogens (tertiary/aromatic N) is 1. The second-order valence-corrected chi connectivity index (χ2v) is 5.39. The molecule has 2 aromatic carbocycles. The Balaban J connectivity index is 2.05. The maximum Gasteiger partial charge on any atom is 0.416 e. The first-order chi connectivity index (χ1) is 12.3. The first kappa shape index (κ1) is 19.6. The Hall–Kier alpha value is -2.77. The van der Waals surface area contributed by atoms with Crippen molar-refractivity contribution in [2.75, 3.05) is 14.2 Å². The van der Waals surface area contributed by atoms with E-state index < -0.39 is 11.7 Å². The summed E-state index contributed by atoms with van der Waals surface area (Å²) in [7, 11) is 2.79. The van der Waals surface area contributed by atoms with E-state index in [0.717, 1.165) is 6.07 Å². The van der Waals surface area contributed by atoms with Crippen LogP contribution in [0.2, 0.25) is 0 Å². The van der Waals surface area contributed by atoms with Gasteiger partial charge in [0.1, 0.15) is 11.6 Å². The van der Waals surface area contributed by atoms with Gasteiger partial charge in [-0.15, -0.1) is 0 Å². The first-order valence-electron chi connectivity index (χ1n) is 7.77. The number of benzene rings is 2. The highest BCUT2D eigenvalue weighted by molar-refractivity contribution is 5.79. The van der Waals surface area contributed by atoms with Crippen LogP contribution in [0.15, 0.2) is 47.5 Å². The maximum atomic E-state index is 13.6. The number of alkyl halides is 3. The minimum absolute atomic E-state index is 0.0483. The molecule has 0 bridgehead atoms. The second kappa shape index (κ2) is 8.55. The predicted octanol–water partition coefficient (Wildman–Crippen LogP) is 3.72. The lowest BCUT2D eigenvalue weighted by Gasteiger charge is -2.17. The Labute approximate surface area is 148 Å². The summed E-state index contributed by atoms with van der Waals surface area (Å²) in [6, 6.07) is 9.98. The summed E-state index contributed by atoms with van der Waals surface area (Å²) >= 11 is 0. The monoisotopic (exact) mass is 369 g/mol. The smallest absolute Gasteiger partial charge is 0.416 e. The van der Waals surface area contributed by atoms with E-state index in [2.05, 4.69) is 15.6 Å². The number of aliphatic imine (C=N–C) groups is 1. The summed E-state index contributed by atoms with van der Waals surface area (Å²) in [5.74, 6) is 0.0188. The molecular weight excluding hydrogens is 350 g/mol. The topological polar surface area (TPSA) is 45.7 Å². The van der Waals surface area contributed by atoms with Gasteiger partial charge in [0, 0.05) is 25.7 Å². The summed E-state index contributed by atoms with van der Waals surface area (Å²) < 4.78 is 58.1. The predicted molar refractivity (Wildman–Crippen MR) is 91.4 cm³/mol. The molecule has 0 aliphatic rings. The van der Waals surface area contributed by atoms with E-state index >= 15 is 0 Å². The van der Waals surface area contributed by atoms with Gasteiger partial charge in [0.15, 0.2) is 5.96 Å². The van der Waals surface area contributed by atoms with E-state index in [1.165, 1.54) is 32.4 Å². The zero-order valence-corrected chi connectivity index (χ0v) is 14.3. The van der Waals surface area contributed by atoms with Gasteiger partial charge in [-0.25, -0.2) is 4.39 Å². The lowest BCUT2D eigenvalue weighted by Crippen LogP contribution is -2.37. The largest absolute Gasteiger partial charge is 0.497 e. The molecule has 4 nitrogen and oxygen atoms in total. The van der Waals surface area contributed by atoms with Crippen LogP contribution in [0.25, 0.3) is 0 Å². The van der Waals surface area contributed by atoms with Gasteiger partial charge >= 0.3 is 6.18 Å². The van der Waals surface area contributed by atoms with Crippen LogP contribution in [0, 0.1) is 5.82 Å². The van der Waals surface area contributed by atoms with Crippen molar-refractivity contribution in [3.63, 3.8) is 0 Å². The summed E-state index contributed by atoms with van der Waals surface area (Å²) in [4.78, 5) is 3.94. The highest BCUT2D eigenvalue weighted by atomic mass is 19.4. The lowest BCUT2D eigenvalue weighted by molar-refractivity contribution is -0.138. The number of hydrogen-bond acceptors (Lipinski definition) is 2. The number of methoxy groups -OCH3 is 1. The number of rotatable bonds is 5. The molecule has 2 aromatic rings. The highest BCUT2D eigenvalue weighted by Gasteiger charge is 2.33. The number of halogens is 4. The zero-order chi connectivity index (χ0) is 19.2. The fourth-order valence-electron chi connectivity index (χ4n) is 2.32. The fraction of sp³-hybridized carbons (Fsp3) is 0.278. The van der Waals surface area contributed by atoms with Crippen molar-refractivity contribution in [3.8, 4) is 5.75 Å². The normalized spacial score (nSPS) is 12.0. The molecular formula is C18H19F4N3O. The second-order valence-electron chi connectivity index (χ2n) is 5.39. The average molecular weight is 369 g/mol. The molecule has 26 heavy (non-hydrogen) atoms. The molecule has 8 heteroatoms. The minimum atomic E-state index is -4.50. The minimum Gasteiger partial charge on any atom is -0.497 e. The molecule has 2 N–H and O–H groups in total. The Morgan fingerprint density at radius 2 is 1.69 bits per heavy atom. The molecule has 0 aromatic heterocycles. The van der Waals surface area contributed by atoms with Crippen molar-refractivity contribution in [2.45, 2.75) is 19.3 Å². The van der Waals surface area contributed by atoms with Gasteiger partial charge < -0.3 is 15.4 Å². The van der Waals surface area contributed by atoms with Crippen LogP contribution in [-0.4, -0.2) is 20.1 Å². The fourth-order valence-corrected chi connectivity index (χ4v) is 2.32. The van der Waals surface area contributed by atoms with Crippen LogP contribution in [0.4, 0.5) is 17.6 Å². The highest BCUT2D eigenvalue weighted by Crippen LogP contribution is 2.34. The maximum absolute atomic E-state index is 13.6. The van der Waals surface area contributed by atoms with E-state index in [-0.39, 0.29) is 36.2 Å². The van der Waals surface area contributed by atoms with Gasteiger partial charge in [-0.05, 0) is 23.8 Å². The van der Waals surface area contributed by atoms with Gasteiger partial charge in [-0.1, -0.05) is 24.3 Å². The molecule has 0 aliphatic heterocycles. The molecule has 0 saturated heterocycles. The van der Waals surface area contributed by atoms with Crippen molar-refractivity contribution in [1.82, 2.24) is 10.6 Å². The van der Waals surface area contributed by atoms with Crippen molar-refractivity contribution < 1.29 is 22.3 Å². The van der Waals surface area contributed by atoms with E-state index in [1.807, 2.05) is 0 Å². The molecule has 0 atom stereocenters. The van der Waals surface area contributed by atoms with Crippen molar-refractivity contribution in [1.29, 1.82) is 0 Å². The average Bonchev–Trinajstić information content (AvgIpc) is 2.62. The number of ether oxygens (including phenoxy) is 1. The van der Waals surface area contributed by atoms with Crippen LogP contribution >= 0.6 is 0 Å². The van der Waals surface area contributed by atoms with E-state index in [4.69, 9.17) is 4.74 Å². The van der Waals surface area contributed by atoms with Crippen LogP contribution < -0.4 is 15.4 Å². The first-order valence-corrected chi connectivity index (χ1v) is 7.77. The van der Waals surface area contributed by atoms with Gasteiger partial charge in [0.2, 0.25) is 0 Å². The zero-order valence-electron chi connectivity index (χ0n) is 14.3. The van der Waals surface area contributed by atoms with Crippen molar-refractivity contribution in [3.05, 3.63) is 65.0 Å². The molecule has 0 aliphatic carbocycles. The SMILES string of the molecule is CN=C(NCc1ccccc1F)NCc1ccc(OC)cc1C(F)(F)F. The summed E-state index contributed by atoms with van der Waals surface area (Å²) in [5, 5.41) is 5.67. The van der Waals surface area contributed by atoms with Crippen LogP contribution in [0.1, 0.15) is 16.7 Å². The number of guanidine groups is 1. The number of hydrogen-bond donors (Lipinski definition) is 2. The van der Waals surface area contributed by atoms with Gasteiger partial charge in [-0.2, -0.15) is 13.2 Å². The Morgan fingerprint density at radius 3 is 2.27 bits per heavy atom. The molecule has 140 valence electrons. The van der Waals surface area contributed by atoms with E-state index in [9.17, 15) is 17.6 Å². The Bertz CT molecular complexity index is 775. The molecule has 0 spiro atoms. The molecule has 0 heterocycles. The molecule has 0 radical (unpaired) electrons. The van der Waals surface area contributed by atoms with Crippen LogP contribution in [0.3, 0.4) is 0 Å². The standard InChI is InChI=1S/C18H19F4N3O/c1-23-17(25-11-13-5-3-4-6-16(13)19)24-10-12-7-8-14(26-2)9-15(12)18(20,21)22/h3-9H,10-11H2,1-2H3,(H2,23,24,25). The van der Waals surface area contributed by atoms with Gasteiger partial charge in [0.05, 0.1) is 12.7 Å². The third kappa shape index (κ3) is 5.11. The van der Waals surface area contributed by atoms with Gasteiger partial charge in [0.25, 0.3) is 0 Å². The Morgan fingerprint density at radius 1 is 1.04 bits per heavy atom. The summed E-state index contributed by atoms with van der Waals surface area (Å²) in [5.41, 5.74) is -0.308. The summed E-state index contributed by atoms with van der Waals surface area (Å²) in [6.07, 6.45) is -4.50. The van der Waals surface area contributed by atoms with Crippen LogP contribution in [-0.2, 0) is 19.3 Å². The molecule has 0 fully saturated rings. The lowest BCUT2D eigenvalue weighted by atomic mass is 10.1. The molecule has 0 unspecified atom stereocenters. The quantitative estimate of drug-likeness (QED) is 0.480.